The monoisotopic (exact) mass is 418 g/mol. The molecule has 1 aliphatic heterocycles. The fraction of sp³-hybridized carbons (Fsp3) is 0.480. The quantitative estimate of drug-likeness (QED) is 0.620. The van der Waals surface area contributed by atoms with Gasteiger partial charge in [0.25, 0.3) is 5.91 Å². The molecule has 0 radical (unpaired) electrons. The van der Waals surface area contributed by atoms with Crippen LogP contribution in [0.5, 0.6) is 0 Å². The number of fused-ring (bicyclic) bond motifs is 1. The van der Waals surface area contributed by atoms with Crippen molar-refractivity contribution in [2.75, 3.05) is 25.0 Å². The normalized spacial score (nSPS) is 14.7. The number of hydrogen-bond donors (Lipinski definition) is 1. The summed E-state index contributed by atoms with van der Waals surface area (Å²) in [5, 5.41) is 2.93. The van der Waals surface area contributed by atoms with E-state index in [0.717, 1.165) is 42.3 Å². The number of amides is 1. The maximum absolute atomic E-state index is 14.0. The molecule has 0 spiro atoms. The molecule has 1 unspecified atom stereocenters. The molecule has 3 rings (SSSR count). The average Bonchev–Trinajstić information content (AvgIpc) is 2.75. The Bertz CT molecular complexity index is 806. The molecule has 166 valence electrons. The highest BCUT2D eigenvalue weighted by molar-refractivity contribution is 6.07. The summed E-state index contributed by atoms with van der Waals surface area (Å²) in [6, 6.07) is 9.65. The van der Waals surface area contributed by atoms with E-state index < -0.39 is 17.5 Å². The summed E-state index contributed by atoms with van der Waals surface area (Å²) >= 11 is 0. The molecule has 0 saturated carbocycles. The molecule has 0 aliphatic carbocycles. The molecular weight excluding hydrogens is 382 g/mol. The van der Waals surface area contributed by atoms with E-state index in [1.165, 1.54) is 18.6 Å². The lowest BCUT2D eigenvalue weighted by atomic mass is 9.86. The molecule has 3 nitrogen and oxygen atoms in total. The summed E-state index contributed by atoms with van der Waals surface area (Å²) < 4.78 is 27.4. The first kappa shape index (κ1) is 25.8. The number of carbonyl (C=O) groups is 1. The number of nitrogens with one attached hydrogen (secondary N) is 1. The van der Waals surface area contributed by atoms with Gasteiger partial charge in [-0.15, -0.1) is 0 Å². The molecule has 0 saturated heterocycles. The van der Waals surface area contributed by atoms with Gasteiger partial charge < -0.3 is 10.2 Å². The minimum atomic E-state index is -1.08. The van der Waals surface area contributed by atoms with Crippen molar-refractivity contribution < 1.29 is 13.6 Å². The molecule has 5 heteroatoms. The van der Waals surface area contributed by atoms with Gasteiger partial charge in [0.2, 0.25) is 0 Å². The van der Waals surface area contributed by atoms with Gasteiger partial charge in [0.05, 0.1) is 5.56 Å². The maximum Gasteiger partial charge on any atom is 0.261 e. The largest absolute Gasteiger partial charge is 0.320 e. The lowest BCUT2D eigenvalue weighted by Crippen LogP contribution is -2.37. The summed E-state index contributed by atoms with van der Waals surface area (Å²) in [7, 11) is 1.93. The Balaban J connectivity index is 0.000000564. The molecule has 1 aliphatic rings. The van der Waals surface area contributed by atoms with Crippen LogP contribution >= 0.6 is 0 Å². The second kappa shape index (κ2) is 13.1. The Hall–Kier alpha value is -2.27. The number of benzene rings is 2. The maximum atomic E-state index is 14.0. The number of halogens is 2. The van der Waals surface area contributed by atoms with Crippen molar-refractivity contribution in [3.05, 3.63) is 64.7 Å². The van der Waals surface area contributed by atoms with Crippen LogP contribution < -0.4 is 10.2 Å². The number of hydrogen-bond acceptors (Lipinski definition) is 2. The smallest absolute Gasteiger partial charge is 0.261 e. The molecule has 30 heavy (non-hydrogen) atoms. The highest BCUT2D eigenvalue weighted by Crippen LogP contribution is 2.38. The molecule has 1 N–H and O–H groups in total. The second-order valence-corrected chi connectivity index (χ2v) is 7.43. The van der Waals surface area contributed by atoms with Crippen LogP contribution in [0.25, 0.3) is 0 Å². The molecule has 1 atom stereocenters. The summed E-state index contributed by atoms with van der Waals surface area (Å²) in [6.07, 6.45) is 3.07. The first-order valence-corrected chi connectivity index (χ1v) is 10.9. The van der Waals surface area contributed by atoms with Crippen molar-refractivity contribution in [2.45, 2.75) is 59.8 Å². The number of carbonyl (C=O) groups excluding carboxylic acids is 1. The van der Waals surface area contributed by atoms with Crippen LogP contribution in [-0.4, -0.2) is 26.0 Å². The topological polar surface area (TPSA) is 32.3 Å². The third-order valence-electron chi connectivity index (χ3n) is 4.89. The fourth-order valence-electron chi connectivity index (χ4n) is 3.26. The van der Waals surface area contributed by atoms with Crippen LogP contribution in [0.4, 0.5) is 14.5 Å². The van der Waals surface area contributed by atoms with Crippen molar-refractivity contribution in [1.82, 2.24) is 5.32 Å². The highest BCUT2D eigenvalue weighted by atomic mass is 19.2. The number of rotatable bonds is 3. The Kier molecular flexibility index (Phi) is 11.3. The van der Waals surface area contributed by atoms with Gasteiger partial charge in [0, 0.05) is 12.2 Å². The first-order valence-electron chi connectivity index (χ1n) is 10.9. The van der Waals surface area contributed by atoms with E-state index in [4.69, 9.17) is 0 Å². The Morgan fingerprint density at radius 2 is 1.77 bits per heavy atom. The molecule has 1 heterocycles. The lowest BCUT2D eigenvalue weighted by molar-refractivity contribution is 0.0979. The predicted octanol–water partition coefficient (Wildman–Crippen LogP) is 6.46. The molecule has 0 fully saturated rings. The zero-order chi connectivity index (χ0) is 22.7. The fourth-order valence-corrected chi connectivity index (χ4v) is 3.26. The minimum Gasteiger partial charge on any atom is -0.320 e. The van der Waals surface area contributed by atoms with Crippen molar-refractivity contribution in [3.63, 3.8) is 0 Å². The van der Waals surface area contributed by atoms with E-state index >= 15 is 0 Å². The van der Waals surface area contributed by atoms with Crippen molar-refractivity contribution in [3.8, 4) is 0 Å². The number of anilines is 1. The summed E-state index contributed by atoms with van der Waals surface area (Å²) in [5.74, 6) is -2.17. The molecule has 2 aromatic carbocycles. The van der Waals surface area contributed by atoms with Gasteiger partial charge >= 0.3 is 0 Å². The van der Waals surface area contributed by atoms with Crippen LogP contribution in [-0.2, 0) is 0 Å². The molecular formula is C25H36F2N2O. The second-order valence-electron chi connectivity index (χ2n) is 7.43. The average molecular weight is 419 g/mol. The molecule has 0 bridgehead atoms. The van der Waals surface area contributed by atoms with Crippen LogP contribution in [0.1, 0.15) is 74.4 Å². The van der Waals surface area contributed by atoms with Crippen LogP contribution in [0.2, 0.25) is 0 Å². The van der Waals surface area contributed by atoms with E-state index in [9.17, 15) is 13.6 Å². The predicted molar refractivity (Wildman–Crippen MR) is 122 cm³/mol. The number of nitrogens with zero attached hydrogens (tertiary/aromatic N) is 1. The molecule has 0 aromatic heterocycles. The van der Waals surface area contributed by atoms with Gasteiger partial charge in [-0.05, 0) is 63.0 Å². The van der Waals surface area contributed by atoms with E-state index in [-0.39, 0.29) is 5.56 Å². The SMILES string of the molecule is CCC.CCC1CCN(C(=O)c2cccc(F)c2F)c2ccc(C)cc21.CCNC. The van der Waals surface area contributed by atoms with Gasteiger partial charge in [-0.1, -0.05) is 57.9 Å². The van der Waals surface area contributed by atoms with E-state index in [0.29, 0.717) is 12.5 Å². The van der Waals surface area contributed by atoms with Crippen LogP contribution in [0.15, 0.2) is 36.4 Å². The first-order chi connectivity index (χ1) is 14.4. The molecule has 2 aromatic rings. The number of aryl methyl sites for hydroxylation is 1. The van der Waals surface area contributed by atoms with Crippen LogP contribution in [0, 0.1) is 18.6 Å². The van der Waals surface area contributed by atoms with Gasteiger partial charge in [-0.25, -0.2) is 8.78 Å². The van der Waals surface area contributed by atoms with Crippen molar-refractivity contribution >= 4 is 11.6 Å². The van der Waals surface area contributed by atoms with Crippen molar-refractivity contribution in [2.24, 2.45) is 0 Å². The zero-order valence-electron chi connectivity index (χ0n) is 19.2. The lowest BCUT2D eigenvalue weighted by Gasteiger charge is -2.34. The van der Waals surface area contributed by atoms with Crippen molar-refractivity contribution in [1.29, 1.82) is 0 Å². The summed E-state index contributed by atoms with van der Waals surface area (Å²) in [5.41, 5.74) is 2.84. The Morgan fingerprint density at radius 3 is 2.33 bits per heavy atom. The zero-order valence-corrected chi connectivity index (χ0v) is 19.2. The van der Waals surface area contributed by atoms with Crippen LogP contribution in [0.3, 0.4) is 0 Å². The van der Waals surface area contributed by atoms with Gasteiger partial charge in [-0.3, -0.25) is 4.79 Å². The third-order valence-corrected chi connectivity index (χ3v) is 4.89. The van der Waals surface area contributed by atoms with E-state index in [1.54, 1.807) is 4.90 Å². The van der Waals surface area contributed by atoms with Gasteiger partial charge in [-0.2, -0.15) is 0 Å². The summed E-state index contributed by atoms with van der Waals surface area (Å²) in [4.78, 5) is 14.3. The molecule has 1 amide bonds. The van der Waals surface area contributed by atoms with Gasteiger partial charge in [0.1, 0.15) is 0 Å². The minimum absolute atomic E-state index is 0.216. The highest BCUT2D eigenvalue weighted by Gasteiger charge is 2.30. The third kappa shape index (κ3) is 6.63. The van der Waals surface area contributed by atoms with E-state index in [1.807, 2.05) is 26.1 Å². The Labute approximate surface area is 180 Å². The van der Waals surface area contributed by atoms with Gasteiger partial charge in [0.15, 0.2) is 11.6 Å². The summed E-state index contributed by atoms with van der Waals surface area (Å²) in [6.45, 7) is 12.0. The van der Waals surface area contributed by atoms with E-state index in [2.05, 4.69) is 39.1 Å². The Morgan fingerprint density at radius 1 is 1.13 bits per heavy atom. The standard InChI is InChI=1S/C19H19F2NO.C3H9N.C3H8/c1-3-13-9-10-22(17-8-7-12(2)11-15(13)17)19(23)14-5-4-6-16(20)18(14)21;1-3-4-2;1-3-2/h4-8,11,13H,3,9-10H2,1-2H3;4H,3H2,1-2H3;3H2,1-2H3.